The van der Waals surface area contributed by atoms with Crippen molar-refractivity contribution in [1.29, 1.82) is 0 Å². The molecule has 3 aliphatic carbocycles. The van der Waals surface area contributed by atoms with Gasteiger partial charge in [-0.05, 0) is 68.1 Å². The minimum absolute atomic E-state index is 0.0542. The maximum absolute atomic E-state index is 12.0. The van der Waals surface area contributed by atoms with E-state index in [9.17, 15) is 4.79 Å². The van der Waals surface area contributed by atoms with Crippen LogP contribution >= 0.6 is 0 Å². The lowest BCUT2D eigenvalue weighted by Gasteiger charge is -2.39. The van der Waals surface area contributed by atoms with Crippen molar-refractivity contribution in [3.05, 3.63) is 30.0 Å². The Morgan fingerprint density at radius 3 is 2.73 bits per heavy atom. The summed E-state index contributed by atoms with van der Waals surface area (Å²) in [4.78, 5) is 16.5. The third-order valence-corrected chi connectivity index (χ3v) is 6.49. The quantitative estimate of drug-likeness (QED) is 0.880. The van der Waals surface area contributed by atoms with Crippen LogP contribution in [-0.2, 0) is 4.79 Å². The number of anilines is 1. The molecule has 1 spiro atoms. The second kappa shape index (κ2) is 6.22. The van der Waals surface area contributed by atoms with E-state index in [1.807, 2.05) is 16.6 Å². The molecule has 1 N–H and O–H groups in total. The summed E-state index contributed by atoms with van der Waals surface area (Å²) in [6.45, 7) is 0. The van der Waals surface area contributed by atoms with E-state index in [0.29, 0.717) is 11.4 Å². The van der Waals surface area contributed by atoms with Crippen LogP contribution in [0.1, 0.15) is 69.9 Å². The molecule has 0 aromatic carbocycles. The maximum atomic E-state index is 12.0. The normalized spacial score (nSPS) is 22.4. The van der Waals surface area contributed by atoms with Crippen LogP contribution in [-0.4, -0.2) is 20.5 Å². The highest BCUT2D eigenvalue weighted by Crippen LogP contribution is 2.48. The van der Waals surface area contributed by atoms with Crippen LogP contribution in [0.25, 0.3) is 11.2 Å². The number of aromatic nitrogens is 3. The molecule has 2 saturated carbocycles. The molecule has 0 radical (unpaired) electrons. The zero-order chi connectivity index (χ0) is 17.6. The predicted molar refractivity (Wildman–Crippen MR) is 102 cm³/mol. The SMILES string of the molecule is O=C(Nc1nc2cccc(C3=CCC4(CCCCC4)CC3)n2n1)C1CC1. The van der Waals surface area contributed by atoms with Crippen LogP contribution in [0.3, 0.4) is 0 Å². The number of carbonyl (C=O) groups is 1. The number of amides is 1. The molecule has 2 aromatic heterocycles. The highest BCUT2D eigenvalue weighted by atomic mass is 16.2. The summed E-state index contributed by atoms with van der Waals surface area (Å²) in [5, 5.41) is 7.44. The van der Waals surface area contributed by atoms with Crippen molar-refractivity contribution in [2.75, 3.05) is 5.32 Å². The first-order valence-electron chi connectivity index (χ1n) is 10.1. The fraction of sp³-hybridized carbons (Fsp3) is 0.571. The highest BCUT2D eigenvalue weighted by Gasteiger charge is 2.34. The lowest BCUT2D eigenvalue weighted by Crippen LogP contribution is -2.26. The van der Waals surface area contributed by atoms with Gasteiger partial charge in [-0.2, -0.15) is 4.98 Å². The molecule has 2 aromatic rings. The van der Waals surface area contributed by atoms with E-state index in [1.54, 1.807) is 0 Å². The van der Waals surface area contributed by atoms with Gasteiger partial charge < -0.3 is 0 Å². The van der Waals surface area contributed by atoms with E-state index in [-0.39, 0.29) is 11.8 Å². The summed E-state index contributed by atoms with van der Waals surface area (Å²) in [6, 6.07) is 6.12. The van der Waals surface area contributed by atoms with E-state index in [0.717, 1.165) is 30.6 Å². The maximum Gasteiger partial charge on any atom is 0.249 e. The molecule has 0 aliphatic heterocycles. The van der Waals surface area contributed by atoms with Crippen molar-refractivity contribution in [3.63, 3.8) is 0 Å². The molecule has 3 aliphatic rings. The zero-order valence-corrected chi connectivity index (χ0v) is 15.2. The van der Waals surface area contributed by atoms with Gasteiger partial charge in [0.1, 0.15) is 0 Å². The Kier molecular flexibility index (Phi) is 3.84. The Hall–Kier alpha value is -2.17. The van der Waals surface area contributed by atoms with Gasteiger partial charge >= 0.3 is 0 Å². The van der Waals surface area contributed by atoms with Crippen molar-refractivity contribution in [2.45, 2.75) is 64.2 Å². The molecule has 136 valence electrons. The summed E-state index contributed by atoms with van der Waals surface area (Å²) >= 11 is 0. The van der Waals surface area contributed by atoms with Crippen LogP contribution in [0.4, 0.5) is 5.95 Å². The summed E-state index contributed by atoms with van der Waals surface area (Å²) in [5.41, 5.74) is 3.85. The Labute approximate surface area is 153 Å². The van der Waals surface area contributed by atoms with Crippen molar-refractivity contribution < 1.29 is 4.79 Å². The smallest absolute Gasteiger partial charge is 0.249 e. The Balaban J connectivity index is 1.41. The second-order valence-electron chi connectivity index (χ2n) is 8.37. The van der Waals surface area contributed by atoms with E-state index in [4.69, 9.17) is 0 Å². The Morgan fingerprint density at radius 2 is 2.00 bits per heavy atom. The van der Waals surface area contributed by atoms with Gasteiger partial charge in [0.15, 0.2) is 5.65 Å². The fourth-order valence-electron chi connectivity index (χ4n) is 4.69. The summed E-state index contributed by atoms with van der Waals surface area (Å²) in [6.07, 6.45) is 15.0. The van der Waals surface area contributed by atoms with E-state index < -0.39 is 0 Å². The topological polar surface area (TPSA) is 59.3 Å². The molecular weight excluding hydrogens is 324 g/mol. The van der Waals surface area contributed by atoms with Crippen molar-refractivity contribution >= 4 is 23.1 Å². The van der Waals surface area contributed by atoms with Crippen molar-refractivity contribution in [2.24, 2.45) is 11.3 Å². The summed E-state index contributed by atoms with van der Waals surface area (Å²) < 4.78 is 1.90. The molecule has 26 heavy (non-hydrogen) atoms. The number of carbonyl (C=O) groups excluding carboxylic acids is 1. The molecule has 0 saturated heterocycles. The molecule has 5 nitrogen and oxygen atoms in total. The first kappa shape index (κ1) is 16.0. The van der Waals surface area contributed by atoms with Crippen LogP contribution in [0, 0.1) is 11.3 Å². The average molecular weight is 350 g/mol. The number of hydrogen-bond acceptors (Lipinski definition) is 3. The molecule has 0 atom stereocenters. The molecule has 5 heteroatoms. The number of nitrogens with one attached hydrogen (secondary N) is 1. The molecule has 2 heterocycles. The minimum atomic E-state index is 0.0542. The lowest BCUT2D eigenvalue weighted by molar-refractivity contribution is -0.117. The van der Waals surface area contributed by atoms with Crippen LogP contribution in [0.2, 0.25) is 0 Å². The first-order chi connectivity index (χ1) is 12.7. The van der Waals surface area contributed by atoms with Gasteiger partial charge in [0.2, 0.25) is 11.9 Å². The summed E-state index contributed by atoms with van der Waals surface area (Å²) in [5.74, 6) is 0.641. The van der Waals surface area contributed by atoms with Crippen LogP contribution in [0.5, 0.6) is 0 Å². The monoisotopic (exact) mass is 350 g/mol. The average Bonchev–Trinajstić information content (AvgIpc) is 3.43. The molecule has 5 rings (SSSR count). The number of pyridine rings is 1. The number of hydrogen-bond donors (Lipinski definition) is 1. The second-order valence-corrected chi connectivity index (χ2v) is 8.37. The van der Waals surface area contributed by atoms with Gasteiger partial charge in [0.05, 0.1) is 5.69 Å². The third-order valence-electron chi connectivity index (χ3n) is 6.49. The third kappa shape index (κ3) is 2.93. The van der Waals surface area contributed by atoms with Gasteiger partial charge in [0, 0.05) is 5.92 Å². The largest absolute Gasteiger partial charge is 0.293 e. The van der Waals surface area contributed by atoms with Crippen LogP contribution in [0.15, 0.2) is 24.3 Å². The number of allylic oxidation sites excluding steroid dienone is 2. The van der Waals surface area contributed by atoms with Gasteiger partial charge in [-0.1, -0.05) is 31.4 Å². The standard InChI is InChI=1S/C21H26N4O/c26-19(16-7-8-16)23-20-22-18-6-4-5-17(25(18)24-20)15-9-13-21(14-10-15)11-2-1-3-12-21/h4-6,9,16H,1-3,7-8,10-14H2,(H,23,24,26). The molecule has 0 unspecified atom stereocenters. The highest BCUT2D eigenvalue weighted by molar-refractivity contribution is 5.92. The van der Waals surface area contributed by atoms with Crippen molar-refractivity contribution in [1.82, 2.24) is 14.6 Å². The van der Waals surface area contributed by atoms with Crippen LogP contribution < -0.4 is 5.32 Å². The van der Waals surface area contributed by atoms with E-state index in [1.165, 1.54) is 50.5 Å². The van der Waals surface area contributed by atoms with E-state index in [2.05, 4.69) is 27.5 Å². The molecule has 0 bridgehead atoms. The number of fused-ring (bicyclic) bond motifs is 1. The number of rotatable bonds is 3. The zero-order valence-electron chi connectivity index (χ0n) is 15.2. The molecular formula is C21H26N4O. The van der Waals surface area contributed by atoms with Crippen molar-refractivity contribution in [3.8, 4) is 0 Å². The first-order valence-corrected chi connectivity index (χ1v) is 10.1. The van der Waals surface area contributed by atoms with Gasteiger partial charge in [0.25, 0.3) is 0 Å². The fourth-order valence-corrected chi connectivity index (χ4v) is 4.69. The number of nitrogens with zero attached hydrogens (tertiary/aromatic N) is 3. The molecule has 1 amide bonds. The Morgan fingerprint density at radius 1 is 1.15 bits per heavy atom. The Bertz CT molecular complexity index is 871. The molecule has 2 fully saturated rings. The lowest BCUT2D eigenvalue weighted by atomic mass is 9.66. The van der Waals surface area contributed by atoms with E-state index >= 15 is 0 Å². The van der Waals surface area contributed by atoms with Gasteiger partial charge in [-0.15, -0.1) is 5.10 Å². The summed E-state index contributed by atoms with van der Waals surface area (Å²) in [7, 11) is 0. The predicted octanol–water partition coefficient (Wildman–Crippen LogP) is 4.60. The minimum Gasteiger partial charge on any atom is -0.293 e. The van der Waals surface area contributed by atoms with Gasteiger partial charge in [-0.25, -0.2) is 4.52 Å². The van der Waals surface area contributed by atoms with Gasteiger partial charge in [-0.3, -0.25) is 10.1 Å².